The van der Waals surface area contributed by atoms with E-state index in [2.05, 4.69) is 20.6 Å². The van der Waals surface area contributed by atoms with Crippen LogP contribution in [0.4, 0.5) is 0 Å². The van der Waals surface area contributed by atoms with Crippen molar-refractivity contribution < 1.29 is 24.6 Å². The van der Waals surface area contributed by atoms with E-state index >= 15 is 0 Å². The Morgan fingerprint density at radius 1 is 1.11 bits per heavy atom. The molecule has 7 N–H and O–H groups in total. The fourth-order valence-corrected chi connectivity index (χ4v) is 2.42. The van der Waals surface area contributed by atoms with Gasteiger partial charge in [-0.1, -0.05) is 12.1 Å². The average molecular weight is 375 g/mol. The van der Waals surface area contributed by atoms with Crippen LogP contribution in [0.3, 0.4) is 0 Å². The molecule has 10 heteroatoms. The zero-order valence-electron chi connectivity index (χ0n) is 14.4. The van der Waals surface area contributed by atoms with E-state index in [1.54, 1.807) is 12.1 Å². The Labute approximate surface area is 154 Å². The number of aliphatic carboxylic acids is 1. The number of rotatable bonds is 9. The topological polar surface area (TPSA) is 170 Å². The Kier molecular flexibility index (Phi) is 6.89. The molecule has 2 rings (SSSR count). The van der Waals surface area contributed by atoms with Crippen molar-refractivity contribution in [3.63, 3.8) is 0 Å². The van der Waals surface area contributed by atoms with Crippen LogP contribution >= 0.6 is 0 Å². The van der Waals surface area contributed by atoms with E-state index in [0.29, 0.717) is 11.3 Å². The Hall–Kier alpha value is -3.40. The van der Waals surface area contributed by atoms with Gasteiger partial charge in [-0.25, -0.2) is 9.78 Å². The molecule has 0 saturated heterocycles. The molecule has 2 amide bonds. The van der Waals surface area contributed by atoms with Gasteiger partial charge in [0.2, 0.25) is 11.8 Å². The number of aromatic amines is 1. The molecule has 2 atom stereocenters. The molecule has 0 saturated carbocycles. The smallest absolute Gasteiger partial charge is 0.326 e. The summed E-state index contributed by atoms with van der Waals surface area (Å²) in [7, 11) is 0. The van der Waals surface area contributed by atoms with Gasteiger partial charge in [-0.15, -0.1) is 0 Å². The summed E-state index contributed by atoms with van der Waals surface area (Å²) in [6, 6.07) is 3.89. The lowest BCUT2D eigenvalue weighted by Gasteiger charge is -2.21. The van der Waals surface area contributed by atoms with Crippen LogP contribution in [0.5, 0.6) is 5.75 Å². The van der Waals surface area contributed by atoms with E-state index in [1.807, 2.05) is 0 Å². The number of carboxylic acid groups (broad SMARTS) is 1. The highest BCUT2D eigenvalue weighted by Crippen LogP contribution is 2.12. The minimum Gasteiger partial charge on any atom is -0.508 e. The summed E-state index contributed by atoms with van der Waals surface area (Å²) in [5.41, 5.74) is 6.51. The maximum atomic E-state index is 12.6. The van der Waals surface area contributed by atoms with Crippen molar-refractivity contribution in [2.24, 2.45) is 5.73 Å². The number of nitrogens with two attached hydrogens (primary N) is 1. The first-order chi connectivity index (χ1) is 12.9. The van der Waals surface area contributed by atoms with Crippen molar-refractivity contribution in [2.75, 3.05) is 6.54 Å². The van der Waals surface area contributed by atoms with E-state index in [-0.39, 0.29) is 25.1 Å². The van der Waals surface area contributed by atoms with Gasteiger partial charge in [0.15, 0.2) is 0 Å². The number of carboxylic acids is 1. The maximum absolute atomic E-state index is 12.6. The van der Waals surface area contributed by atoms with E-state index < -0.39 is 29.9 Å². The maximum Gasteiger partial charge on any atom is 0.326 e. The molecule has 0 aliphatic rings. The number of carbonyl (C=O) groups is 3. The zero-order valence-corrected chi connectivity index (χ0v) is 14.4. The molecule has 0 aliphatic heterocycles. The highest BCUT2D eigenvalue weighted by molar-refractivity contribution is 5.91. The second kappa shape index (κ2) is 9.34. The van der Waals surface area contributed by atoms with E-state index in [4.69, 9.17) is 5.73 Å². The molecular formula is C17H21N5O5. The second-order valence-corrected chi connectivity index (χ2v) is 5.88. The standard InChI is InChI=1S/C17H21N5O5/c18-7-15(24)21-13(5-10-1-3-12(23)4-2-10)16(25)22-14(17(26)27)6-11-8-19-9-20-11/h1-4,8-9,13-14,23H,5-7,18H2,(H,19,20)(H,21,24)(H,22,25)(H,26,27). The van der Waals surface area contributed by atoms with Crippen LogP contribution in [-0.2, 0) is 27.2 Å². The molecule has 0 aliphatic carbocycles. The Balaban J connectivity index is 2.11. The molecule has 0 radical (unpaired) electrons. The van der Waals surface area contributed by atoms with E-state index in [9.17, 15) is 24.6 Å². The van der Waals surface area contributed by atoms with Crippen molar-refractivity contribution in [2.45, 2.75) is 24.9 Å². The van der Waals surface area contributed by atoms with Crippen LogP contribution in [0.2, 0.25) is 0 Å². The van der Waals surface area contributed by atoms with E-state index in [1.165, 1.54) is 24.7 Å². The lowest BCUT2D eigenvalue weighted by atomic mass is 10.0. The summed E-state index contributed by atoms with van der Waals surface area (Å²) in [5.74, 6) is -2.35. The van der Waals surface area contributed by atoms with Crippen molar-refractivity contribution >= 4 is 17.8 Å². The number of nitrogens with zero attached hydrogens (tertiary/aromatic N) is 1. The molecule has 27 heavy (non-hydrogen) atoms. The summed E-state index contributed by atoms with van der Waals surface area (Å²) >= 11 is 0. The number of aromatic nitrogens is 2. The van der Waals surface area contributed by atoms with Gasteiger partial charge in [-0.3, -0.25) is 9.59 Å². The monoisotopic (exact) mass is 375 g/mol. The minimum absolute atomic E-state index is 0.0117. The minimum atomic E-state index is -1.22. The Morgan fingerprint density at radius 2 is 1.81 bits per heavy atom. The SMILES string of the molecule is NCC(=O)NC(Cc1ccc(O)cc1)C(=O)NC(Cc1cnc[nH]1)C(=O)O. The van der Waals surface area contributed by atoms with Crippen molar-refractivity contribution in [1.82, 2.24) is 20.6 Å². The molecule has 144 valence electrons. The Bertz CT molecular complexity index is 776. The zero-order chi connectivity index (χ0) is 19.8. The number of imidazole rings is 1. The summed E-state index contributed by atoms with van der Waals surface area (Å²) in [6.07, 6.45) is 2.99. The average Bonchev–Trinajstić information content (AvgIpc) is 3.15. The highest BCUT2D eigenvalue weighted by atomic mass is 16.4. The fourth-order valence-electron chi connectivity index (χ4n) is 2.42. The van der Waals surface area contributed by atoms with Crippen LogP contribution < -0.4 is 16.4 Å². The van der Waals surface area contributed by atoms with Crippen LogP contribution in [0, 0.1) is 0 Å². The van der Waals surface area contributed by atoms with Gasteiger partial charge in [-0.05, 0) is 17.7 Å². The van der Waals surface area contributed by atoms with Gasteiger partial charge in [0.05, 0.1) is 12.9 Å². The predicted molar refractivity (Wildman–Crippen MR) is 94.7 cm³/mol. The first-order valence-electron chi connectivity index (χ1n) is 8.16. The highest BCUT2D eigenvalue weighted by Gasteiger charge is 2.27. The quantitative estimate of drug-likeness (QED) is 0.323. The normalized spacial score (nSPS) is 12.8. The number of nitrogens with one attached hydrogen (secondary N) is 3. The molecule has 2 unspecified atom stereocenters. The molecule has 10 nitrogen and oxygen atoms in total. The van der Waals surface area contributed by atoms with Gasteiger partial charge in [-0.2, -0.15) is 0 Å². The summed E-state index contributed by atoms with van der Waals surface area (Å²) in [5, 5.41) is 23.6. The summed E-state index contributed by atoms with van der Waals surface area (Å²) < 4.78 is 0. The second-order valence-electron chi connectivity index (χ2n) is 5.88. The number of aromatic hydroxyl groups is 1. The molecule has 1 heterocycles. The number of amides is 2. The van der Waals surface area contributed by atoms with Gasteiger partial charge < -0.3 is 31.6 Å². The third kappa shape index (κ3) is 6.12. The number of H-pyrrole nitrogens is 1. The van der Waals surface area contributed by atoms with Crippen molar-refractivity contribution in [3.8, 4) is 5.75 Å². The number of phenolic OH excluding ortho intramolecular Hbond substituents is 1. The molecule has 0 bridgehead atoms. The molecule has 2 aromatic rings. The van der Waals surface area contributed by atoms with Crippen LogP contribution in [0.25, 0.3) is 0 Å². The molecule has 1 aromatic carbocycles. The van der Waals surface area contributed by atoms with Gasteiger partial charge >= 0.3 is 5.97 Å². The van der Waals surface area contributed by atoms with Gasteiger partial charge in [0.25, 0.3) is 0 Å². The first kappa shape index (κ1) is 19.9. The molecule has 1 aromatic heterocycles. The third-order valence-electron chi connectivity index (χ3n) is 3.81. The number of hydrogen-bond acceptors (Lipinski definition) is 6. The fraction of sp³-hybridized carbons (Fsp3) is 0.294. The van der Waals surface area contributed by atoms with Gasteiger partial charge in [0.1, 0.15) is 17.8 Å². The van der Waals surface area contributed by atoms with Gasteiger partial charge in [0, 0.05) is 24.7 Å². The lowest BCUT2D eigenvalue weighted by molar-refractivity contribution is -0.142. The predicted octanol–water partition coefficient (Wildman–Crippen LogP) is -1.09. The number of benzene rings is 1. The van der Waals surface area contributed by atoms with Crippen LogP contribution in [-0.4, -0.2) is 56.6 Å². The Morgan fingerprint density at radius 3 is 2.37 bits per heavy atom. The third-order valence-corrected chi connectivity index (χ3v) is 3.81. The molecule has 0 fully saturated rings. The van der Waals surface area contributed by atoms with Crippen molar-refractivity contribution in [3.05, 3.63) is 48.0 Å². The number of phenols is 1. The van der Waals surface area contributed by atoms with Crippen LogP contribution in [0.15, 0.2) is 36.8 Å². The summed E-state index contributed by atoms with van der Waals surface area (Å²) in [4.78, 5) is 42.3. The van der Waals surface area contributed by atoms with E-state index in [0.717, 1.165) is 0 Å². The number of carbonyl (C=O) groups excluding carboxylic acids is 2. The lowest BCUT2D eigenvalue weighted by Crippen LogP contribution is -2.54. The van der Waals surface area contributed by atoms with Crippen LogP contribution in [0.1, 0.15) is 11.3 Å². The molecule has 0 spiro atoms. The molecular weight excluding hydrogens is 354 g/mol. The van der Waals surface area contributed by atoms with Crippen molar-refractivity contribution in [1.29, 1.82) is 0 Å². The summed E-state index contributed by atoms with van der Waals surface area (Å²) in [6.45, 7) is -0.310. The number of hydrogen-bond donors (Lipinski definition) is 6. The largest absolute Gasteiger partial charge is 0.508 e. The first-order valence-corrected chi connectivity index (χ1v) is 8.16.